The van der Waals surface area contributed by atoms with Gasteiger partial charge in [0.1, 0.15) is 11.7 Å². The predicted octanol–water partition coefficient (Wildman–Crippen LogP) is 0.385. The Morgan fingerprint density at radius 3 is 2.60 bits per heavy atom. The second-order valence-electron chi connectivity index (χ2n) is 2.90. The summed E-state index contributed by atoms with van der Waals surface area (Å²) in [5.74, 6) is -0.382. The lowest BCUT2D eigenvalue weighted by Gasteiger charge is -2.14. The first kappa shape index (κ1) is 7.25. The summed E-state index contributed by atoms with van der Waals surface area (Å²) in [6.45, 7) is 3.81. The van der Waals surface area contributed by atoms with Crippen LogP contribution < -0.4 is 0 Å². The molecule has 0 aromatic heterocycles. The largest absolute Gasteiger partial charge is 0.465 e. The third kappa shape index (κ3) is 0.735. The first-order valence-corrected chi connectivity index (χ1v) is 3.25. The summed E-state index contributed by atoms with van der Waals surface area (Å²) >= 11 is 0. The minimum atomic E-state index is -0.889. The van der Waals surface area contributed by atoms with E-state index in [1.807, 2.05) is 6.92 Å². The van der Waals surface area contributed by atoms with Crippen molar-refractivity contribution in [2.24, 2.45) is 11.3 Å². The molecule has 1 saturated heterocycles. The number of esters is 1. The standard InChI is InChI=1S/C7H10O3/c1-5-3-10-6(9)7(5,2)4-8/h4-5H,3H2,1-2H3/t5-,7+/m1/s1. The lowest BCUT2D eigenvalue weighted by molar-refractivity contribution is -0.147. The monoisotopic (exact) mass is 142 g/mol. The Balaban J connectivity index is 2.90. The highest BCUT2D eigenvalue weighted by Gasteiger charge is 2.46. The summed E-state index contributed by atoms with van der Waals surface area (Å²) in [6, 6.07) is 0. The van der Waals surface area contributed by atoms with Crippen LogP contribution in [0.3, 0.4) is 0 Å². The van der Waals surface area contributed by atoms with Gasteiger partial charge in [0.15, 0.2) is 0 Å². The molecule has 0 amide bonds. The zero-order valence-corrected chi connectivity index (χ0v) is 6.09. The van der Waals surface area contributed by atoms with Crippen molar-refractivity contribution in [3.8, 4) is 0 Å². The quantitative estimate of drug-likeness (QED) is 0.302. The van der Waals surface area contributed by atoms with E-state index in [1.165, 1.54) is 0 Å². The Kier molecular flexibility index (Phi) is 1.50. The average molecular weight is 142 g/mol. The van der Waals surface area contributed by atoms with Gasteiger partial charge < -0.3 is 9.53 Å². The molecule has 0 bridgehead atoms. The molecule has 0 radical (unpaired) electrons. The fourth-order valence-electron chi connectivity index (χ4n) is 0.895. The Morgan fingerprint density at radius 1 is 1.80 bits per heavy atom. The van der Waals surface area contributed by atoms with Gasteiger partial charge in [-0.2, -0.15) is 0 Å². The van der Waals surface area contributed by atoms with E-state index in [0.717, 1.165) is 0 Å². The highest BCUT2D eigenvalue weighted by molar-refractivity contribution is 5.94. The van der Waals surface area contributed by atoms with E-state index in [1.54, 1.807) is 6.92 Å². The molecule has 3 nitrogen and oxygen atoms in total. The molecule has 0 N–H and O–H groups in total. The van der Waals surface area contributed by atoms with Gasteiger partial charge >= 0.3 is 5.97 Å². The van der Waals surface area contributed by atoms with Crippen LogP contribution in [0.2, 0.25) is 0 Å². The molecule has 1 aliphatic heterocycles. The van der Waals surface area contributed by atoms with Gasteiger partial charge in [0.05, 0.1) is 6.61 Å². The lowest BCUT2D eigenvalue weighted by Crippen LogP contribution is -2.29. The maximum atomic E-state index is 10.9. The van der Waals surface area contributed by atoms with Crippen molar-refractivity contribution in [3.05, 3.63) is 0 Å². The Bertz CT molecular complexity index is 176. The molecular formula is C7H10O3. The zero-order valence-electron chi connectivity index (χ0n) is 6.09. The van der Waals surface area contributed by atoms with E-state index >= 15 is 0 Å². The molecule has 10 heavy (non-hydrogen) atoms. The number of aldehydes is 1. The van der Waals surface area contributed by atoms with Crippen molar-refractivity contribution < 1.29 is 14.3 Å². The van der Waals surface area contributed by atoms with Gasteiger partial charge in [-0.15, -0.1) is 0 Å². The summed E-state index contributed by atoms with van der Waals surface area (Å²) in [5.41, 5.74) is -0.889. The number of hydrogen-bond donors (Lipinski definition) is 0. The maximum Gasteiger partial charge on any atom is 0.319 e. The minimum absolute atomic E-state index is 0.0116. The van der Waals surface area contributed by atoms with Gasteiger partial charge in [0.2, 0.25) is 0 Å². The minimum Gasteiger partial charge on any atom is -0.465 e. The highest BCUT2D eigenvalue weighted by atomic mass is 16.5. The van der Waals surface area contributed by atoms with Crippen LogP contribution in [0.5, 0.6) is 0 Å². The molecular weight excluding hydrogens is 132 g/mol. The fourth-order valence-corrected chi connectivity index (χ4v) is 0.895. The van der Waals surface area contributed by atoms with E-state index in [0.29, 0.717) is 12.9 Å². The second kappa shape index (κ2) is 2.08. The molecule has 0 saturated carbocycles. The molecule has 2 atom stereocenters. The third-order valence-corrected chi connectivity index (χ3v) is 2.17. The van der Waals surface area contributed by atoms with E-state index in [4.69, 9.17) is 4.74 Å². The molecule has 0 aromatic rings. The van der Waals surface area contributed by atoms with E-state index in [2.05, 4.69) is 0 Å². The molecule has 1 fully saturated rings. The lowest BCUT2D eigenvalue weighted by atomic mass is 9.82. The van der Waals surface area contributed by atoms with Crippen LogP contribution in [0.1, 0.15) is 13.8 Å². The Morgan fingerprint density at radius 2 is 2.40 bits per heavy atom. The highest BCUT2D eigenvalue weighted by Crippen LogP contribution is 2.32. The summed E-state index contributed by atoms with van der Waals surface area (Å²) in [6.07, 6.45) is 0.674. The van der Waals surface area contributed by atoms with Crippen molar-refractivity contribution >= 4 is 12.3 Å². The molecule has 0 aromatic carbocycles. The van der Waals surface area contributed by atoms with Gasteiger partial charge in [0, 0.05) is 5.92 Å². The first-order valence-electron chi connectivity index (χ1n) is 3.25. The van der Waals surface area contributed by atoms with E-state index in [-0.39, 0.29) is 5.92 Å². The first-order chi connectivity index (χ1) is 4.61. The van der Waals surface area contributed by atoms with Gasteiger partial charge in [-0.1, -0.05) is 6.92 Å². The topological polar surface area (TPSA) is 43.4 Å². The predicted molar refractivity (Wildman–Crippen MR) is 34.3 cm³/mol. The SMILES string of the molecule is C[C@@H]1COC(=O)[C@@]1(C)C=O. The Hall–Kier alpha value is -0.860. The van der Waals surface area contributed by atoms with Gasteiger partial charge in [0.25, 0.3) is 0 Å². The maximum absolute atomic E-state index is 10.9. The normalized spacial score (nSPS) is 39.4. The average Bonchev–Trinajstić information content (AvgIpc) is 2.18. The second-order valence-corrected chi connectivity index (χ2v) is 2.90. The van der Waals surface area contributed by atoms with Gasteiger partial charge in [-0.05, 0) is 6.92 Å². The molecule has 0 unspecified atom stereocenters. The third-order valence-electron chi connectivity index (χ3n) is 2.17. The van der Waals surface area contributed by atoms with Crippen molar-refractivity contribution in [1.82, 2.24) is 0 Å². The summed E-state index contributed by atoms with van der Waals surface area (Å²) in [7, 11) is 0. The van der Waals surface area contributed by atoms with Crippen molar-refractivity contribution in [3.63, 3.8) is 0 Å². The fraction of sp³-hybridized carbons (Fsp3) is 0.714. The Labute approximate surface area is 59.4 Å². The molecule has 3 heteroatoms. The van der Waals surface area contributed by atoms with Gasteiger partial charge in [-0.25, -0.2) is 0 Å². The summed E-state index contributed by atoms with van der Waals surface area (Å²) in [4.78, 5) is 21.3. The van der Waals surface area contributed by atoms with Crippen LogP contribution in [0.25, 0.3) is 0 Å². The molecule has 1 rings (SSSR count). The number of cyclic esters (lactones) is 1. The number of carbonyl (C=O) groups is 2. The summed E-state index contributed by atoms with van der Waals surface area (Å²) < 4.78 is 4.70. The van der Waals surface area contributed by atoms with Gasteiger partial charge in [-0.3, -0.25) is 4.79 Å². The number of ether oxygens (including phenoxy) is 1. The molecule has 1 aliphatic rings. The van der Waals surface area contributed by atoms with E-state index < -0.39 is 11.4 Å². The number of rotatable bonds is 1. The van der Waals surface area contributed by atoms with Crippen molar-refractivity contribution in [1.29, 1.82) is 0 Å². The van der Waals surface area contributed by atoms with Crippen molar-refractivity contribution in [2.45, 2.75) is 13.8 Å². The van der Waals surface area contributed by atoms with E-state index in [9.17, 15) is 9.59 Å². The number of hydrogen-bond acceptors (Lipinski definition) is 3. The van der Waals surface area contributed by atoms with Crippen LogP contribution in [0.4, 0.5) is 0 Å². The zero-order chi connectivity index (χ0) is 7.78. The van der Waals surface area contributed by atoms with Crippen molar-refractivity contribution in [2.75, 3.05) is 6.61 Å². The molecule has 56 valence electrons. The number of carbonyl (C=O) groups excluding carboxylic acids is 2. The summed E-state index contributed by atoms with van der Waals surface area (Å²) in [5, 5.41) is 0. The van der Waals surface area contributed by atoms with Crippen LogP contribution in [0, 0.1) is 11.3 Å². The molecule has 1 heterocycles. The molecule has 0 spiro atoms. The van der Waals surface area contributed by atoms with Crippen LogP contribution >= 0.6 is 0 Å². The smallest absolute Gasteiger partial charge is 0.319 e. The van der Waals surface area contributed by atoms with Crippen LogP contribution in [-0.4, -0.2) is 18.9 Å². The van der Waals surface area contributed by atoms with Crippen LogP contribution in [-0.2, 0) is 14.3 Å². The molecule has 0 aliphatic carbocycles. The van der Waals surface area contributed by atoms with Crippen LogP contribution in [0.15, 0.2) is 0 Å².